The van der Waals surface area contributed by atoms with Crippen molar-refractivity contribution in [3.63, 3.8) is 0 Å². The number of hydrogen-bond donors (Lipinski definition) is 3. The molecule has 0 amide bonds. The van der Waals surface area contributed by atoms with E-state index in [-0.39, 0.29) is 11.9 Å². The molecule has 20 heavy (non-hydrogen) atoms. The van der Waals surface area contributed by atoms with Crippen LogP contribution in [0, 0.1) is 0 Å². The molecule has 0 spiro atoms. The highest BCUT2D eigenvalue weighted by atomic mass is 16.5. The van der Waals surface area contributed by atoms with Crippen LogP contribution in [-0.4, -0.2) is 37.9 Å². The molecule has 0 fully saturated rings. The van der Waals surface area contributed by atoms with Gasteiger partial charge in [-0.2, -0.15) is 0 Å². The molecule has 0 saturated carbocycles. The average Bonchev–Trinajstić information content (AvgIpc) is 2.50. The first-order chi connectivity index (χ1) is 9.65. The Morgan fingerprint density at radius 3 is 2.75 bits per heavy atom. The molecule has 1 aromatic rings. The van der Waals surface area contributed by atoms with E-state index in [0.29, 0.717) is 18.7 Å². The Morgan fingerprint density at radius 2 is 2.20 bits per heavy atom. The fourth-order valence-electron chi connectivity index (χ4n) is 1.91. The molecule has 1 rings (SSSR count). The van der Waals surface area contributed by atoms with E-state index in [2.05, 4.69) is 17.4 Å². The summed E-state index contributed by atoms with van der Waals surface area (Å²) in [5.41, 5.74) is 7.21. The lowest BCUT2D eigenvalue weighted by Crippen LogP contribution is -2.32. The Balaban J connectivity index is 2.85. The largest absolute Gasteiger partial charge is 0.496 e. The second-order valence-corrected chi connectivity index (χ2v) is 4.45. The molecule has 0 radical (unpaired) electrons. The fraction of sp³-hybridized carbons (Fsp3) is 0.500. The van der Waals surface area contributed by atoms with Gasteiger partial charge in [0.05, 0.1) is 13.7 Å². The van der Waals surface area contributed by atoms with Gasteiger partial charge in [0.15, 0.2) is 5.84 Å². The predicted molar refractivity (Wildman–Crippen MR) is 78.3 cm³/mol. The van der Waals surface area contributed by atoms with E-state index >= 15 is 0 Å². The lowest BCUT2D eigenvalue weighted by atomic mass is 10.1. The zero-order valence-corrected chi connectivity index (χ0v) is 12.2. The van der Waals surface area contributed by atoms with Gasteiger partial charge >= 0.3 is 0 Å². The average molecular weight is 281 g/mol. The Hall–Kier alpha value is -1.79. The summed E-state index contributed by atoms with van der Waals surface area (Å²) in [7, 11) is 3.30. The zero-order valence-electron chi connectivity index (χ0n) is 12.2. The van der Waals surface area contributed by atoms with Crippen molar-refractivity contribution in [1.82, 2.24) is 5.32 Å². The van der Waals surface area contributed by atoms with E-state index in [9.17, 15) is 0 Å². The molecule has 0 aliphatic carbocycles. The molecule has 6 heteroatoms. The van der Waals surface area contributed by atoms with E-state index in [1.807, 2.05) is 12.1 Å². The Bertz CT molecular complexity index is 449. The number of nitrogens with two attached hydrogens (primary N) is 1. The lowest BCUT2D eigenvalue weighted by Gasteiger charge is -2.17. The Morgan fingerprint density at radius 1 is 1.45 bits per heavy atom. The molecule has 0 aromatic heterocycles. The molecule has 1 atom stereocenters. The van der Waals surface area contributed by atoms with Gasteiger partial charge in [0.25, 0.3) is 0 Å². The number of hydrogen-bond acceptors (Lipinski definition) is 5. The summed E-state index contributed by atoms with van der Waals surface area (Å²) < 4.78 is 10.5. The van der Waals surface area contributed by atoms with Crippen LogP contribution < -0.4 is 15.8 Å². The number of rotatable bonds is 8. The number of benzene rings is 1. The van der Waals surface area contributed by atoms with Crippen molar-refractivity contribution in [1.29, 1.82) is 0 Å². The van der Waals surface area contributed by atoms with E-state index in [1.54, 1.807) is 20.3 Å². The van der Waals surface area contributed by atoms with Crippen molar-refractivity contribution < 1.29 is 14.7 Å². The van der Waals surface area contributed by atoms with Crippen molar-refractivity contribution in [3.8, 4) is 5.75 Å². The van der Waals surface area contributed by atoms with E-state index in [0.717, 1.165) is 17.7 Å². The van der Waals surface area contributed by atoms with Gasteiger partial charge in [0.1, 0.15) is 5.75 Å². The van der Waals surface area contributed by atoms with Gasteiger partial charge in [0.2, 0.25) is 0 Å². The number of nitrogens with one attached hydrogen (secondary N) is 1. The van der Waals surface area contributed by atoms with Crippen LogP contribution in [-0.2, 0) is 11.3 Å². The number of amidine groups is 1. The summed E-state index contributed by atoms with van der Waals surface area (Å²) in [6.07, 6.45) is 0.968. The van der Waals surface area contributed by atoms with Crippen molar-refractivity contribution in [3.05, 3.63) is 29.3 Å². The molecule has 0 aliphatic rings. The summed E-state index contributed by atoms with van der Waals surface area (Å²) in [6.45, 7) is 3.37. The van der Waals surface area contributed by atoms with Crippen molar-refractivity contribution in [2.45, 2.75) is 25.9 Å². The van der Waals surface area contributed by atoms with Crippen LogP contribution in [0.5, 0.6) is 5.75 Å². The molecule has 0 heterocycles. The van der Waals surface area contributed by atoms with Crippen molar-refractivity contribution >= 4 is 5.84 Å². The summed E-state index contributed by atoms with van der Waals surface area (Å²) in [6, 6.07) is 5.68. The maximum absolute atomic E-state index is 8.73. The first-order valence-electron chi connectivity index (χ1n) is 6.53. The molecule has 6 nitrogen and oxygen atoms in total. The van der Waals surface area contributed by atoms with Gasteiger partial charge in [-0.1, -0.05) is 12.1 Å². The van der Waals surface area contributed by atoms with Crippen molar-refractivity contribution in [2.24, 2.45) is 10.9 Å². The van der Waals surface area contributed by atoms with Crippen LogP contribution >= 0.6 is 0 Å². The van der Waals surface area contributed by atoms with Gasteiger partial charge < -0.3 is 25.7 Å². The summed E-state index contributed by atoms with van der Waals surface area (Å²) in [5.74, 6) is 0.845. The molecule has 0 aliphatic heterocycles. The van der Waals surface area contributed by atoms with Gasteiger partial charge in [-0.3, -0.25) is 0 Å². The smallest absolute Gasteiger partial charge is 0.170 e. The van der Waals surface area contributed by atoms with E-state index in [1.165, 1.54) is 0 Å². The maximum Gasteiger partial charge on any atom is 0.170 e. The standard InChI is InChI=1S/C14H23N3O3/c1-4-12(9-19-2)16-8-11-7-10(14(15)17-18)5-6-13(11)20-3/h5-7,12,16,18H,4,8-9H2,1-3H3,(H2,15,17). The SMILES string of the molecule is CCC(COC)NCc1cc(/C(N)=N/O)ccc1OC. The monoisotopic (exact) mass is 281 g/mol. The maximum atomic E-state index is 8.73. The third-order valence-electron chi connectivity index (χ3n) is 3.13. The lowest BCUT2D eigenvalue weighted by molar-refractivity contribution is 0.163. The molecular weight excluding hydrogens is 258 g/mol. The quantitative estimate of drug-likeness (QED) is 0.289. The van der Waals surface area contributed by atoms with Gasteiger partial charge in [-0.05, 0) is 24.6 Å². The van der Waals surface area contributed by atoms with E-state index in [4.69, 9.17) is 20.4 Å². The third kappa shape index (κ3) is 4.40. The van der Waals surface area contributed by atoms with Crippen LogP contribution in [0.1, 0.15) is 24.5 Å². The molecule has 112 valence electrons. The number of ether oxygens (including phenoxy) is 2. The summed E-state index contributed by atoms with van der Waals surface area (Å²) in [5, 5.41) is 15.1. The fourth-order valence-corrected chi connectivity index (χ4v) is 1.91. The summed E-state index contributed by atoms with van der Waals surface area (Å²) in [4.78, 5) is 0. The van der Waals surface area contributed by atoms with Crippen LogP contribution in [0.4, 0.5) is 0 Å². The minimum Gasteiger partial charge on any atom is -0.496 e. The highest BCUT2D eigenvalue weighted by Gasteiger charge is 2.10. The first kappa shape index (κ1) is 16.3. The summed E-state index contributed by atoms with van der Waals surface area (Å²) >= 11 is 0. The molecule has 4 N–H and O–H groups in total. The van der Waals surface area contributed by atoms with Crippen LogP contribution in [0.3, 0.4) is 0 Å². The highest BCUT2D eigenvalue weighted by molar-refractivity contribution is 5.97. The minimum atomic E-state index is 0.0813. The second-order valence-electron chi connectivity index (χ2n) is 4.45. The van der Waals surface area contributed by atoms with Crippen LogP contribution in [0.2, 0.25) is 0 Å². The molecule has 1 unspecified atom stereocenters. The van der Waals surface area contributed by atoms with Crippen LogP contribution in [0.25, 0.3) is 0 Å². The van der Waals surface area contributed by atoms with Crippen LogP contribution in [0.15, 0.2) is 23.4 Å². The number of oxime groups is 1. The normalized spacial score (nSPS) is 13.2. The Labute approximate surface area is 119 Å². The molecule has 0 saturated heterocycles. The van der Waals surface area contributed by atoms with Gasteiger partial charge in [0, 0.05) is 30.8 Å². The number of methoxy groups -OCH3 is 2. The predicted octanol–water partition coefficient (Wildman–Crippen LogP) is 1.30. The zero-order chi connectivity index (χ0) is 15.0. The number of nitrogens with zero attached hydrogens (tertiary/aromatic N) is 1. The van der Waals surface area contributed by atoms with Crippen molar-refractivity contribution in [2.75, 3.05) is 20.8 Å². The van der Waals surface area contributed by atoms with Gasteiger partial charge in [-0.25, -0.2) is 0 Å². The minimum absolute atomic E-state index is 0.0813. The van der Waals surface area contributed by atoms with E-state index < -0.39 is 0 Å². The molecule has 0 bridgehead atoms. The molecule has 1 aromatic carbocycles. The highest BCUT2D eigenvalue weighted by Crippen LogP contribution is 2.20. The topological polar surface area (TPSA) is 89.1 Å². The third-order valence-corrected chi connectivity index (χ3v) is 3.13. The van der Waals surface area contributed by atoms with Gasteiger partial charge in [-0.15, -0.1) is 0 Å². The Kier molecular flexibility index (Phi) is 6.83. The second kappa shape index (κ2) is 8.39. The molecular formula is C14H23N3O3. The first-order valence-corrected chi connectivity index (χ1v) is 6.53.